The molecule has 18 heavy (non-hydrogen) atoms. The maximum Gasteiger partial charge on any atom is 0.170 e. The molecule has 96 valence electrons. The molecule has 0 saturated heterocycles. The van der Waals surface area contributed by atoms with Gasteiger partial charge in [0.05, 0.1) is 6.54 Å². The van der Waals surface area contributed by atoms with Crippen LogP contribution in [0.4, 0.5) is 0 Å². The summed E-state index contributed by atoms with van der Waals surface area (Å²) in [5, 5.41) is 4.35. The van der Waals surface area contributed by atoms with E-state index in [2.05, 4.69) is 27.6 Å². The Hall–Kier alpha value is -1.62. The molecule has 5 nitrogen and oxygen atoms in total. The Balaban J connectivity index is 1.97. The van der Waals surface area contributed by atoms with Crippen molar-refractivity contribution in [2.75, 3.05) is 0 Å². The lowest BCUT2D eigenvalue weighted by Gasteiger charge is -2.20. The fraction of sp³-hybridized carbons (Fsp3) is 0.538. The van der Waals surface area contributed by atoms with Gasteiger partial charge in [0.25, 0.3) is 0 Å². The summed E-state index contributed by atoms with van der Waals surface area (Å²) in [5.74, 6) is 0.859. The van der Waals surface area contributed by atoms with E-state index < -0.39 is 0 Å². The van der Waals surface area contributed by atoms with Gasteiger partial charge in [-0.05, 0) is 37.8 Å². The highest BCUT2D eigenvalue weighted by atomic mass is 15.3. The van der Waals surface area contributed by atoms with Crippen molar-refractivity contribution in [2.45, 2.75) is 38.8 Å². The number of nitrogens with two attached hydrogens (primary N) is 1. The summed E-state index contributed by atoms with van der Waals surface area (Å²) in [5.41, 5.74) is 10.1. The number of aromatic nitrogens is 4. The summed E-state index contributed by atoms with van der Waals surface area (Å²) in [6.07, 6.45) is 5.13. The summed E-state index contributed by atoms with van der Waals surface area (Å²) in [6, 6.07) is 2.42. The van der Waals surface area contributed by atoms with Crippen LogP contribution < -0.4 is 5.73 Å². The summed E-state index contributed by atoms with van der Waals surface area (Å²) in [7, 11) is 1.89. The molecule has 2 aromatic heterocycles. The van der Waals surface area contributed by atoms with E-state index in [-0.39, 0.29) is 6.04 Å². The monoisotopic (exact) mass is 245 g/mol. The second-order valence-electron chi connectivity index (χ2n) is 5.11. The molecule has 2 aromatic rings. The standard InChI is InChI=1S/C13H19N5/c1-9-6-10-11(14)4-3-5-12(10)18(9)7-13-15-8-17(2)16-13/h6,8,11H,3-5,7,14H2,1-2H3. The normalized spacial score (nSPS) is 18.9. The molecule has 1 unspecified atom stereocenters. The van der Waals surface area contributed by atoms with Crippen molar-refractivity contribution in [2.24, 2.45) is 12.8 Å². The Morgan fingerprint density at radius 1 is 1.50 bits per heavy atom. The summed E-state index contributed by atoms with van der Waals surface area (Å²) in [6.45, 7) is 2.88. The van der Waals surface area contributed by atoms with E-state index in [1.807, 2.05) is 7.05 Å². The first-order valence-corrected chi connectivity index (χ1v) is 6.44. The molecule has 1 aliphatic carbocycles. The van der Waals surface area contributed by atoms with Crippen LogP contribution in [0.3, 0.4) is 0 Å². The topological polar surface area (TPSA) is 61.7 Å². The fourth-order valence-electron chi connectivity index (χ4n) is 2.82. The third kappa shape index (κ3) is 1.84. The van der Waals surface area contributed by atoms with Crippen LogP contribution >= 0.6 is 0 Å². The number of aryl methyl sites for hydroxylation is 2. The lowest BCUT2D eigenvalue weighted by molar-refractivity contribution is 0.543. The summed E-state index contributed by atoms with van der Waals surface area (Å²) < 4.78 is 4.05. The number of hydrogen-bond acceptors (Lipinski definition) is 3. The van der Waals surface area contributed by atoms with E-state index in [1.54, 1.807) is 11.0 Å². The highest BCUT2D eigenvalue weighted by Crippen LogP contribution is 2.30. The van der Waals surface area contributed by atoms with Gasteiger partial charge in [0.1, 0.15) is 6.33 Å². The molecular formula is C13H19N5. The first kappa shape index (κ1) is 11.5. The lowest BCUT2D eigenvalue weighted by Crippen LogP contribution is -2.18. The van der Waals surface area contributed by atoms with Crippen molar-refractivity contribution in [1.82, 2.24) is 19.3 Å². The largest absolute Gasteiger partial charge is 0.341 e. The second kappa shape index (κ2) is 4.24. The van der Waals surface area contributed by atoms with E-state index in [0.29, 0.717) is 0 Å². The second-order valence-corrected chi connectivity index (χ2v) is 5.11. The van der Waals surface area contributed by atoms with E-state index in [9.17, 15) is 0 Å². The molecule has 3 rings (SSSR count). The molecule has 1 atom stereocenters. The van der Waals surface area contributed by atoms with Crippen LogP contribution in [-0.2, 0) is 20.0 Å². The highest BCUT2D eigenvalue weighted by Gasteiger charge is 2.22. The fourth-order valence-corrected chi connectivity index (χ4v) is 2.82. The van der Waals surface area contributed by atoms with Crippen LogP contribution in [0.15, 0.2) is 12.4 Å². The minimum Gasteiger partial charge on any atom is -0.341 e. The molecular weight excluding hydrogens is 226 g/mol. The Kier molecular flexibility index (Phi) is 2.70. The smallest absolute Gasteiger partial charge is 0.170 e. The molecule has 0 amide bonds. The molecule has 1 aliphatic rings. The van der Waals surface area contributed by atoms with Gasteiger partial charge in [0, 0.05) is 24.5 Å². The molecule has 5 heteroatoms. The van der Waals surface area contributed by atoms with Crippen LogP contribution in [0.5, 0.6) is 0 Å². The number of nitrogens with zero attached hydrogens (tertiary/aromatic N) is 4. The van der Waals surface area contributed by atoms with Crippen LogP contribution in [-0.4, -0.2) is 19.3 Å². The van der Waals surface area contributed by atoms with Gasteiger partial charge in [-0.1, -0.05) is 0 Å². The average molecular weight is 245 g/mol. The first-order chi connectivity index (χ1) is 8.65. The van der Waals surface area contributed by atoms with Crippen molar-refractivity contribution >= 4 is 0 Å². The molecule has 0 aromatic carbocycles. The molecule has 0 aliphatic heterocycles. The first-order valence-electron chi connectivity index (χ1n) is 6.44. The number of fused-ring (bicyclic) bond motifs is 1. The van der Waals surface area contributed by atoms with Gasteiger partial charge in [-0.25, -0.2) is 4.98 Å². The number of rotatable bonds is 2. The van der Waals surface area contributed by atoms with Crippen molar-refractivity contribution in [3.05, 3.63) is 35.2 Å². The van der Waals surface area contributed by atoms with E-state index >= 15 is 0 Å². The highest BCUT2D eigenvalue weighted by molar-refractivity contribution is 5.33. The van der Waals surface area contributed by atoms with Gasteiger partial charge in [-0.15, -0.1) is 0 Å². The molecule has 0 spiro atoms. The molecule has 2 N–H and O–H groups in total. The average Bonchev–Trinajstić information content (AvgIpc) is 2.87. The quantitative estimate of drug-likeness (QED) is 0.867. The van der Waals surface area contributed by atoms with Crippen molar-refractivity contribution in [3.63, 3.8) is 0 Å². The zero-order valence-electron chi connectivity index (χ0n) is 10.9. The van der Waals surface area contributed by atoms with E-state index in [1.165, 1.54) is 23.4 Å². The third-order valence-corrected chi connectivity index (χ3v) is 3.72. The molecule has 2 heterocycles. The molecule has 0 saturated carbocycles. The summed E-state index contributed by atoms with van der Waals surface area (Å²) >= 11 is 0. The maximum atomic E-state index is 6.18. The molecule has 0 fully saturated rings. The zero-order chi connectivity index (χ0) is 12.7. The number of hydrogen-bond donors (Lipinski definition) is 1. The minimum absolute atomic E-state index is 0.199. The van der Waals surface area contributed by atoms with Crippen molar-refractivity contribution in [1.29, 1.82) is 0 Å². The summed E-state index contributed by atoms with van der Waals surface area (Å²) in [4.78, 5) is 4.30. The van der Waals surface area contributed by atoms with Gasteiger partial charge in [0.2, 0.25) is 0 Å². The SMILES string of the molecule is Cc1cc2c(n1Cc1ncn(C)n1)CCCC2N. The predicted octanol–water partition coefficient (Wildman–Crippen LogP) is 1.31. The Morgan fingerprint density at radius 2 is 2.33 bits per heavy atom. The van der Waals surface area contributed by atoms with E-state index in [0.717, 1.165) is 25.2 Å². The van der Waals surface area contributed by atoms with Crippen molar-refractivity contribution in [3.8, 4) is 0 Å². The maximum absolute atomic E-state index is 6.18. The van der Waals surface area contributed by atoms with Crippen molar-refractivity contribution < 1.29 is 0 Å². The predicted molar refractivity (Wildman–Crippen MR) is 69.1 cm³/mol. The van der Waals surface area contributed by atoms with E-state index in [4.69, 9.17) is 5.73 Å². The van der Waals surface area contributed by atoms with Crippen LogP contribution in [0, 0.1) is 6.92 Å². The van der Waals surface area contributed by atoms with Gasteiger partial charge in [-0.2, -0.15) is 5.10 Å². The van der Waals surface area contributed by atoms with Gasteiger partial charge >= 0.3 is 0 Å². The van der Waals surface area contributed by atoms with Gasteiger partial charge in [-0.3, -0.25) is 4.68 Å². The van der Waals surface area contributed by atoms with Crippen LogP contribution in [0.25, 0.3) is 0 Å². The minimum atomic E-state index is 0.199. The third-order valence-electron chi connectivity index (χ3n) is 3.72. The Morgan fingerprint density at radius 3 is 3.06 bits per heavy atom. The zero-order valence-corrected chi connectivity index (χ0v) is 10.9. The Labute approximate surface area is 107 Å². The molecule has 0 radical (unpaired) electrons. The van der Waals surface area contributed by atoms with Gasteiger partial charge < -0.3 is 10.3 Å². The molecule has 0 bridgehead atoms. The lowest BCUT2D eigenvalue weighted by atomic mass is 9.93. The van der Waals surface area contributed by atoms with Crippen LogP contribution in [0.1, 0.15) is 41.7 Å². The van der Waals surface area contributed by atoms with Gasteiger partial charge in [0.15, 0.2) is 5.82 Å². The Bertz CT molecular complexity index is 566. The van der Waals surface area contributed by atoms with Crippen LogP contribution in [0.2, 0.25) is 0 Å².